The summed E-state index contributed by atoms with van der Waals surface area (Å²) in [7, 11) is 0. The molecule has 2 rings (SSSR count). The van der Waals surface area contributed by atoms with Crippen LogP contribution in [0.3, 0.4) is 0 Å². The fraction of sp³-hybridized carbons (Fsp3) is 0.533. The lowest BCUT2D eigenvalue weighted by atomic mass is 10.1. The second kappa shape index (κ2) is 6.06. The normalized spacial score (nSPS) is 14.4. The van der Waals surface area contributed by atoms with Gasteiger partial charge in [0.2, 0.25) is 5.91 Å². The van der Waals surface area contributed by atoms with Gasteiger partial charge >= 0.3 is 0 Å². The molecule has 0 radical (unpaired) electrons. The Morgan fingerprint density at radius 3 is 2.74 bits per heavy atom. The molecule has 1 fully saturated rings. The predicted molar refractivity (Wildman–Crippen MR) is 78.1 cm³/mol. The van der Waals surface area contributed by atoms with Crippen molar-refractivity contribution in [2.45, 2.75) is 39.3 Å². The Balaban J connectivity index is 2.05. The van der Waals surface area contributed by atoms with Gasteiger partial charge < -0.3 is 16.0 Å². The number of carbonyl (C=O) groups is 1. The number of aryl methyl sites for hydroxylation is 1. The van der Waals surface area contributed by atoms with Gasteiger partial charge in [0.1, 0.15) is 0 Å². The Bertz CT molecular complexity index is 455. The molecule has 4 heteroatoms. The van der Waals surface area contributed by atoms with Crippen molar-refractivity contribution in [3.05, 3.63) is 29.3 Å². The highest BCUT2D eigenvalue weighted by Crippen LogP contribution is 2.23. The van der Waals surface area contributed by atoms with Crippen LogP contribution in [0.4, 0.5) is 5.69 Å². The first-order valence-electron chi connectivity index (χ1n) is 6.96. The smallest absolute Gasteiger partial charge is 0.236 e. The molecule has 1 aromatic rings. The standard InChI is InChI=1S/C15H23N3O/c1-3-18(10-15(16)19)14-7-4-12(8-11(14)2)9-17-13-5-6-13/h4,7-8,13,17H,3,5-6,9-10H2,1-2H3,(H2,16,19). The van der Waals surface area contributed by atoms with E-state index in [9.17, 15) is 4.79 Å². The fourth-order valence-corrected chi connectivity index (χ4v) is 2.29. The lowest BCUT2D eigenvalue weighted by molar-refractivity contribution is -0.116. The molecule has 104 valence electrons. The van der Waals surface area contributed by atoms with Crippen LogP contribution in [0.15, 0.2) is 18.2 Å². The van der Waals surface area contributed by atoms with E-state index in [0.717, 1.165) is 24.8 Å². The zero-order valence-electron chi connectivity index (χ0n) is 11.8. The summed E-state index contributed by atoms with van der Waals surface area (Å²) in [5.74, 6) is -0.291. The van der Waals surface area contributed by atoms with Crippen LogP contribution < -0.4 is 16.0 Å². The maximum Gasteiger partial charge on any atom is 0.236 e. The highest BCUT2D eigenvalue weighted by molar-refractivity contribution is 5.79. The lowest BCUT2D eigenvalue weighted by Gasteiger charge is -2.23. The van der Waals surface area contributed by atoms with Crippen LogP contribution in [0.25, 0.3) is 0 Å². The van der Waals surface area contributed by atoms with Crippen molar-refractivity contribution in [3.63, 3.8) is 0 Å². The number of benzene rings is 1. The van der Waals surface area contributed by atoms with Gasteiger partial charge in [-0.2, -0.15) is 0 Å². The summed E-state index contributed by atoms with van der Waals surface area (Å²) in [5.41, 5.74) is 8.87. The molecule has 0 unspecified atom stereocenters. The van der Waals surface area contributed by atoms with Gasteiger partial charge in [0.05, 0.1) is 6.54 Å². The lowest BCUT2D eigenvalue weighted by Crippen LogP contribution is -2.34. The minimum atomic E-state index is -0.291. The topological polar surface area (TPSA) is 58.4 Å². The number of carbonyl (C=O) groups excluding carboxylic acids is 1. The molecule has 3 N–H and O–H groups in total. The van der Waals surface area contributed by atoms with Gasteiger partial charge in [0, 0.05) is 24.8 Å². The maximum atomic E-state index is 11.1. The van der Waals surface area contributed by atoms with E-state index in [4.69, 9.17) is 5.73 Å². The SMILES string of the molecule is CCN(CC(N)=O)c1ccc(CNC2CC2)cc1C. The molecule has 0 aromatic heterocycles. The average molecular weight is 261 g/mol. The quantitative estimate of drug-likeness (QED) is 0.783. The van der Waals surface area contributed by atoms with Gasteiger partial charge in [-0.1, -0.05) is 12.1 Å². The molecule has 4 nitrogen and oxygen atoms in total. The zero-order chi connectivity index (χ0) is 13.8. The van der Waals surface area contributed by atoms with Gasteiger partial charge in [-0.3, -0.25) is 4.79 Å². The Labute approximate surface area is 115 Å². The van der Waals surface area contributed by atoms with Crippen molar-refractivity contribution in [3.8, 4) is 0 Å². The maximum absolute atomic E-state index is 11.1. The van der Waals surface area contributed by atoms with Crippen molar-refractivity contribution < 1.29 is 4.79 Å². The van der Waals surface area contributed by atoms with E-state index in [1.54, 1.807) is 0 Å². The Morgan fingerprint density at radius 2 is 2.21 bits per heavy atom. The number of hydrogen-bond donors (Lipinski definition) is 2. The van der Waals surface area contributed by atoms with E-state index in [1.165, 1.54) is 24.0 Å². The largest absolute Gasteiger partial charge is 0.368 e. The third-order valence-electron chi connectivity index (χ3n) is 3.50. The van der Waals surface area contributed by atoms with Crippen LogP contribution in [-0.2, 0) is 11.3 Å². The number of likely N-dealkylation sites (N-methyl/N-ethyl adjacent to an activating group) is 1. The minimum Gasteiger partial charge on any atom is -0.368 e. The Morgan fingerprint density at radius 1 is 1.47 bits per heavy atom. The number of primary amides is 1. The van der Waals surface area contributed by atoms with Crippen molar-refractivity contribution in [1.82, 2.24) is 5.32 Å². The molecule has 0 bridgehead atoms. The second-order valence-electron chi connectivity index (χ2n) is 5.26. The van der Waals surface area contributed by atoms with Gasteiger partial charge in [-0.05, 0) is 43.9 Å². The molecule has 0 spiro atoms. The molecule has 0 atom stereocenters. The molecule has 1 aliphatic rings. The molecular weight excluding hydrogens is 238 g/mol. The molecule has 1 aliphatic carbocycles. The van der Waals surface area contributed by atoms with Crippen LogP contribution in [0, 0.1) is 6.92 Å². The molecule has 1 amide bonds. The number of hydrogen-bond acceptors (Lipinski definition) is 3. The number of rotatable bonds is 7. The molecular formula is C15H23N3O. The molecule has 1 aromatic carbocycles. The van der Waals surface area contributed by atoms with Crippen LogP contribution in [0.2, 0.25) is 0 Å². The van der Waals surface area contributed by atoms with Gasteiger partial charge in [-0.25, -0.2) is 0 Å². The first-order chi connectivity index (χ1) is 9.10. The summed E-state index contributed by atoms with van der Waals surface area (Å²) in [6, 6.07) is 7.13. The van der Waals surface area contributed by atoms with E-state index in [1.807, 2.05) is 11.8 Å². The van der Waals surface area contributed by atoms with Crippen LogP contribution in [-0.4, -0.2) is 25.0 Å². The summed E-state index contributed by atoms with van der Waals surface area (Å²) in [5, 5.41) is 3.51. The number of amides is 1. The van der Waals surface area contributed by atoms with Crippen LogP contribution >= 0.6 is 0 Å². The van der Waals surface area contributed by atoms with E-state index in [-0.39, 0.29) is 12.5 Å². The number of anilines is 1. The monoisotopic (exact) mass is 261 g/mol. The average Bonchev–Trinajstić information content (AvgIpc) is 3.18. The predicted octanol–water partition coefficient (Wildman–Crippen LogP) is 1.56. The van der Waals surface area contributed by atoms with Crippen LogP contribution in [0.1, 0.15) is 30.9 Å². The van der Waals surface area contributed by atoms with Crippen molar-refractivity contribution in [1.29, 1.82) is 0 Å². The van der Waals surface area contributed by atoms with Crippen molar-refractivity contribution in [2.75, 3.05) is 18.0 Å². The summed E-state index contributed by atoms with van der Waals surface area (Å²) in [6.07, 6.45) is 2.61. The first-order valence-corrected chi connectivity index (χ1v) is 6.96. The minimum absolute atomic E-state index is 0.275. The highest BCUT2D eigenvalue weighted by atomic mass is 16.1. The van der Waals surface area contributed by atoms with Crippen molar-refractivity contribution >= 4 is 11.6 Å². The van der Waals surface area contributed by atoms with E-state index in [2.05, 4.69) is 30.4 Å². The van der Waals surface area contributed by atoms with E-state index < -0.39 is 0 Å². The third kappa shape index (κ3) is 3.96. The van der Waals surface area contributed by atoms with Crippen LogP contribution in [0.5, 0.6) is 0 Å². The van der Waals surface area contributed by atoms with Gasteiger partial charge in [0.25, 0.3) is 0 Å². The molecule has 19 heavy (non-hydrogen) atoms. The Hall–Kier alpha value is -1.55. The van der Waals surface area contributed by atoms with Gasteiger partial charge in [0.15, 0.2) is 0 Å². The van der Waals surface area contributed by atoms with E-state index in [0.29, 0.717) is 0 Å². The summed E-state index contributed by atoms with van der Waals surface area (Å²) < 4.78 is 0. The first kappa shape index (κ1) is 13.9. The van der Waals surface area contributed by atoms with Crippen molar-refractivity contribution in [2.24, 2.45) is 5.73 Å². The summed E-state index contributed by atoms with van der Waals surface area (Å²) in [6.45, 7) is 6.10. The second-order valence-corrected chi connectivity index (χ2v) is 5.26. The molecule has 0 saturated heterocycles. The fourth-order valence-electron chi connectivity index (χ4n) is 2.29. The number of nitrogens with zero attached hydrogens (tertiary/aromatic N) is 1. The number of nitrogens with two attached hydrogens (primary N) is 1. The number of nitrogens with one attached hydrogen (secondary N) is 1. The van der Waals surface area contributed by atoms with Gasteiger partial charge in [-0.15, -0.1) is 0 Å². The molecule has 0 heterocycles. The summed E-state index contributed by atoms with van der Waals surface area (Å²) in [4.78, 5) is 13.1. The zero-order valence-corrected chi connectivity index (χ0v) is 11.8. The molecule has 0 aliphatic heterocycles. The third-order valence-corrected chi connectivity index (χ3v) is 3.50. The van der Waals surface area contributed by atoms with E-state index >= 15 is 0 Å². The highest BCUT2D eigenvalue weighted by Gasteiger charge is 2.20. The molecule has 1 saturated carbocycles. The summed E-state index contributed by atoms with van der Waals surface area (Å²) >= 11 is 0. The Kier molecular flexibility index (Phi) is 4.43.